The van der Waals surface area contributed by atoms with Crippen LogP contribution in [0, 0.1) is 0 Å². The van der Waals surface area contributed by atoms with Crippen molar-refractivity contribution in [3.05, 3.63) is 24.3 Å². The third kappa shape index (κ3) is 1.59. The molecule has 14 heavy (non-hydrogen) atoms. The molecular formula is C12H16S2. The third-order valence-corrected chi connectivity index (χ3v) is 6.48. The Labute approximate surface area is 94.9 Å². The lowest BCUT2D eigenvalue weighted by Gasteiger charge is -2.44. The first kappa shape index (κ1) is 10.4. The van der Waals surface area contributed by atoms with Crippen molar-refractivity contribution in [3.8, 4) is 0 Å². The molecule has 0 bridgehead atoms. The Morgan fingerprint density at radius 3 is 1.50 bits per heavy atom. The molecule has 2 heteroatoms. The van der Waals surface area contributed by atoms with Gasteiger partial charge in [-0.25, -0.2) is 0 Å². The van der Waals surface area contributed by atoms with E-state index in [1.165, 1.54) is 9.79 Å². The van der Waals surface area contributed by atoms with E-state index in [1.54, 1.807) is 0 Å². The van der Waals surface area contributed by atoms with Gasteiger partial charge in [0.1, 0.15) is 0 Å². The maximum atomic E-state index is 2.33. The molecule has 0 amide bonds. The summed E-state index contributed by atoms with van der Waals surface area (Å²) >= 11 is 4.00. The van der Waals surface area contributed by atoms with E-state index >= 15 is 0 Å². The fourth-order valence-corrected chi connectivity index (χ4v) is 4.14. The van der Waals surface area contributed by atoms with Crippen molar-refractivity contribution in [2.24, 2.45) is 0 Å². The van der Waals surface area contributed by atoms with Gasteiger partial charge in [-0.1, -0.05) is 12.1 Å². The minimum Gasteiger partial charge on any atom is -0.117 e. The van der Waals surface area contributed by atoms with E-state index in [0.717, 1.165) is 0 Å². The van der Waals surface area contributed by atoms with Gasteiger partial charge in [0.25, 0.3) is 0 Å². The molecule has 1 aromatic carbocycles. The first-order chi connectivity index (χ1) is 6.42. The zero-order valence-electron chi connectivity index (χ0n) is 9.13. The van der Waals surface area contributed by atoms with Crippen molar-refractivity contribution in [1.29, 1.82) is 0 Å². The third-order valence-electron chi connectivity index (χ3n) is 3.03. The molecule has 0 spiro atoms. The van der Waals surface area contributed by atoms with E-state index in [2.05, 4.69) is 52.0 Å². The van der Waals surface area contributed by atoms with E-state index in [-0.39, 0.29) is 0 Å². The molecule has 0 radical (unpaired) electrons. The second-order valence-electron chi connectivity index (χ2n) is 4.67. The van der Waals surface area contributed by atoms with Crippen LogP contribution in [0.2, 0.25) is 0 Å². The smallest absolute Gasteiger partial charge is 0.0296 e. The summed E-state index contributed by atoms with van der Waals surface area (Å²) < 4.78 is 0.595. The van der Waals surface area contributed by atoms with Crippen LogP contribution in [0.4, 0.5) is 0 Å². The fraction of sp³-hybridized carbons (Fsp3) is 0.500. The molecular weight excluding hydrogens is 208 g/mol. The van der Waals surface area contributed by atoms with Crippen LogP contribution >= 0.6 is 23.5 Å². The first-order valence-electron chi connectivity index (χ1n) is 4.89. The first-order valence-corrected chi connectivity index (χ1v) is 6.53. The van der Waals surface area contributed by atoms with Gasteiger partial charge >= 0.3 is 0 Å². The van der Waals surface area contributed by atoms with Crippen molar-refractivity contribution in [2.75, 3.05) is 0 Å². The number of thioether (sulfide) groups is 2. The standard InChI is InChI=1S/C12H16S2/c1-11(2)12(3,4)14-10-8-6-5-7-9(10)13-11/h5-8H,1-4H3. The molecule has 1 aromatic rings. The molecule has 1 aliphatic heterocycles. The Hall–Kier alpha value is -0.0800. The van der Waals surface area contributed by atoms with Crippen LogP contribution in [0.1, 0.15) is 27.7 Å². The Morgan fingerprint density at radius 1 is 0.786 bits per heavy atom. The zero-order valence-corrected chi connectivity index (χ0v) is 10.8. The molecule has 76 valence electrons. The zero-order chi connectivity index (χ0) is 10.4. The highest BCUT2D eigenvalue weighted by Crippen LogP contribution is 2.56. The molecule has 0 aromatic heterocycles. The molecule has 1 heterocycles. The lowest BCUT2D eigenvalue weighted by atomic mass is 9.98. The topological polar surface area (TPSA) is 0 Å². The van der Waals surface area contributed by atoms with Gasteiger partial charge in [0, 0.05) is 19.3 Å². The molecule has 0 nitrogen and oxygen atoms in total. The molecule has 0 unspecified atom stereocenters. The van der Waals surface area contributed by atoms with Crippen molar-refractivity contribution in [3.63, 3.8) is 0 Å². The fourth-order valence-electron chi connectivity index (χ4n) is 1.41. The van der Waals surface area contributed by atoms with Crippen molar-refractivity contribution >= 4 is 23.5 Å². The van der Waals surface area contributed by atoms with Crippen LogP contribution < -0.4 is 0 Å². The quantitative estimate of drug-likeness (QED) is 0.639. The van der Waals surface area contributed by atoms with Crippen molar-refractivity contribution in [1.82, 2.24) is 0 Å². The van der Waals surface area contributed by atoms with Crippen LogP contribution in [0.15, 0.2) is 34.1 Å². The van der Waals surface area contributed by atoms with Crippen LogP contribution in [-0.2, 0) is 0 Å². The van der Waals surface area contributed by atoms with Crippen molar-refractivity contribution < 1.29 is 0 Å². The van der Waals surface area contributed by atoms with Gasteiger partial charge in [-0.2, -0.15) is 0 Å². The number of benzene rings is 1. The molecule has 0 aliphatic carbocycles. The Morgan fingerprint density at radius 2 is 1.14 bits per heavy atom. The van der Waals surface area contributed by atoms with Gasteiger partial charge < -0.3 is 0 Å². The van der Waals surface area contributed by atoms with Gasteiger partial charge in [-0.3, -0.25) is 0 Å². The van der Waals surface area contributed by atoms with E-state index in [4.69, 9.17) is 0 Å². The number of fused-ring (bicyclic) bond motifs is 1. The van der Waals surface area contributed by atoms with E-state index < -0.39 is 0 Å². The maximum absolute atomic E-state index is 2.33. The SMILES string of the molecule is CC1(C)Sc2ccccc2SC1(C)C. The van der Waals surface area contributed by atoms with Crippen LogP contribution in [0.25, 0.3) is 0 Å². The lowest BCUT2D eigenvalue weighted by molar-refractivity contribution is 0.546. The van der Waals surface area contributed by atoms with Crippen LogP contribution in [0.3, 0.4) is 0 Å². The second kappa shape index (κ2) is 3.21. The Bertz CT molecular complexity index is 318. The molecule has 0 saturated heterocycles. The number of hydrogen-bond acceptors (Lipinski definition) is 2. The summed E-state index contributed by atoms with van der Waals surface area (Å²) in [6, 6.07) is 8.70. The Kier molecular flexibility index (Phi) is 2.39. The molecule has 0 fully saturated rings. The average molecular weight is 224 g/mol. The van der Waals surface area contributed by atoms with Gasteiger partial charge in [0.05, 0.1) is 0 Å². The van der Waals surface area contributed by atoms with E-state index in [0.29, 0.717) is 9.49 Å². The van der Waals surface area contributed by atoms with Gasteiger partial charge in [-0.15, -0.1) is 23.5 Å². The predicted molar refractivity (Wildman–Crippen MR) is 66.3 cm³/mol. The van der Waals surface area contributed by atoms with E-state index in [1.807, 2.05) is 23.5 Å². The molecule has 0 N–H and O–H groups in total. The van der Waals surface area contributed by atoms with Gasteiger partial charge in [-0.05, 0) is 39.8 Å². The van der Waals surface area contributed by atoms with Crippen LogP contribution in [0.5, 0.6) is 0 Å². The largest absolute Gasteiger partial charge is 0.117 e. The molecule has 1 aliphatic rings. The van der Waals surface area contributed by atoms with E-state index in [9.17, 15) is 0 Å². The monoisotopic (exact) mass is 224 g/mol. The normalized spacial score (nSPS) is 22.9. The summed E-state index contributed by atoms with van der Waals surface area (Å²) in [5, 5.41) is 0. The van der Waals surface area contributed by atoms with Crippen LogP contribution in [-0.4, -0.2) is 9.49 Å². The summed E-state index contributed by atoms with van der Waals surface area (Å²) in [4.78, 5) is 2.86. The Balaban J connectivity index is 2.46. The average Bonchev–Trinajstić information content (AvgIpc) is 2.05. The van der Waals surface area contributed by atoms with Crippen molar-refractivity contribution in [2.45, 2.75) is 47.0 Å². The number of hydrogen-bond donors (Lipinski definition) is 0. The minimum absolute atomic E-state index is 0.298. The summed E-state index contributed by atoms with van der Waals surface area (Å²) in [6.07, 6.45) is 0. The molecule has 0 atom stereocenters. The summed E-state index contributed by atoms with van der Waals surface area (Å²) in [6.45, 7) is 9.34. The summed E-state index contributed by atoms with van der Waals surface area (Å²) in [7, 11) is 0. The van der Waals surface area contributed by atoms with Gasteiger partial charge in [0.15, 0.2) is 0 Å². The summed E-state index contributed by atoms with van der Waals surface area (Å²) in [5.41, 5.74) is 0. The highest BCUT2D eigenvalue weighted by molar-refractivity contribution is 8.07. The lowest BCUT2D eigenvalue weighted by Crippen LogP contribution is -2.41. The summed E-state index contributed by atoms with van der Waals surface area (Å²) in [5.74, 6) is 0. The maximum Gasteiger partial charge on any atom is 0.0296 e. The predicted octanol–water partition coefficient (Wildman–Crippen LogP) is 4.44. The highest BCUT2D eigenvalue weighted by Gasteiger charge is 2.42. The highest BCUT2D eigenvalue weighted by atomic mass is 32.2. The molecule has 0 saturated carbocycles. The van der Waals surface area contributed by atoms with Gasteiger partial charge in [0.2, 0.25) is 0 Å². The second-order valence-corrected chi connectivity index (χ2v) is 8.00. The molecule has 2 rings (SSSR count). The minimum atomic E-state index is 0.298. The number of rotatable bonds is 0.